The van der Waals surface area contributed by atoms with Crippen molar-refractivity contribution in [2.24, 2.45) is 5.16 Å². The Bertz CT molecular complexity index is 336. The Kier molecular flexibility index (Phi) is 3.31. The van der Waals surface area contributed by atoms with Crippen molar-refractivity contribution < 1.29 is 10.3 Å². The van der Waals surface area contributed by atoms with Crippen LogP contribution in [0, 0.1) is 0 Å². The number of hydrogen-bond acceptors (Lipinski definition) is 3. The average molecular weight is 244 g/mol. The molecule has 0 saturated heterocycles. The Morgan fingerprint density at radius 2 is 2.23 bits per heavy atom. The fourth-order valence-corrected chi connectivity index (χ4v) is 1.42. The minimum atomic E-state index is 0.214. The smallest absolute Gasteiger partial charge is 0.119 e. The first-order valence-electron chi connectivity index (χ1n) is 3.78. The van der Waals surface area contributed by atoms with E-state index in [0.717, 1.165) is 10.0 Å². The molecule has 0 aliphatic rings. The zero-order chi connectivity index (χ0) is 9.84. The topological polar surface area (TPSA) is 52.8 Å². The van der Waals surface area contributed by atoms with Crippen molar-refractivity contribution in [3.8, 4) is 5.75 Å². The van der Waals surface area contributed by atoms with Crippen molar-refractivity contribution in [3.63, 3.8) is 0 Å². The van der Waals surface area contributed by atoms with Crippen LogP contribution in [0.1, 0.15) is 12.5 Å². The maximum atomic E-state index is 9.42. The molecule has 0 radical (unpaired) electrons. The van der Waals surface area contributed by atoms with Gasteiger partial charge in [0, 0.05) is 16.5 Å². The van der Waals surface area contributed by atoms with Crippen LogP contribution in [-0.4, -0.2) is 16.0 Å². The Labute approximate surface area is 84.8 Å². The van der Waals surface area contributed by atoms with Gasteiger partial charge in [-0.25, -0.2) is 0 Å². The molecule has 0 amide bonds. The molecule has 0 aliphatic heterocycles. The van der Waals surface area contributed by atoms with E-state index in [2.05, 4.69) is 21.1 Å². The van der Waals surface area contributed by atoms with Gasteiger partial charge in [0.15, 0.2) is 0 Å². The lowest BCUT2D eigenvalue weighted by atomic mass is 10.1. The summed E-state index contributed by atoms with van der Waals surface area (Å²) in [5.74, 6) is 0.214. The molecule has 2 N–H and O–H groups in total. The Morgan fingerprint density at radius 3 is 2.85 bits per heavy atom. The number of oxime groups is 1. The molecule has 4 heteroatoms. The van der Waals surface area contributed by atoms with Crippen LogP contribution in [0.2, 0.25) is 0 Å². The van der Waals surface area contributed by atoms with E-state index >= 15 is 0 Å². The van der Waals surface area contributed by atoms with E-state index in [1.54, 1.807) is 25.1 Å². The third kappa shape index (κ3) is 2.73. The van der Waals surface area contributed by atoms with Gasteiger partial charge < -0.3 is 10.3 Å². The molecular weight excluding hydrogens is 234 g/mol. The highest BCUT2D eigenvalue weighted by Gasteiger charge is 2.03. The molecule has 0 aliphatic carbocycles. The standard InChI is InChI=1S/C9H10BrNO2/c1-6(11-13)4-7-5-8(10)2-3-9(7)12/h2-3,5,12-13H,4H2,1H3/b11-6+. The van der Waals surface area contributed by atoms with Crippen molar-refractivity contribution in [1.29, 1.82) is 0 Å². The van der Waals surface area contributed by atoms with Crippen molar-refractivity contribution in [2.75, 3.05) is 0 Å². The van der Waals surface area contributed by atoms with Gasteiger partial charge in [0.25, 0.3) is 0 Å². The highest BCUT2D eigenvalue weighted by Crippen LogP contribution is 2.22. The lowest BCUT2D eigenvalue weighted by Gasteiger charge is -2.03. The first kappa shape index (κ1) is 10.1. The molecular formula is C9H10BrNO2. The number of halogens is 1. The summed E-state index contributed by atoms with van der Waals surface area (Å²) < 4.78 is 0.894. The van der Waals surface area contributed by atoms with E-state index in [-0.39, 0.29) is 5.75 Å². The van der Waals surface area contributed by atoms with Crippen LogP contribution in [-0.2, 0) is 6.42 Å². The minimum Gasteiger partial charge on any atom is -0.508 e. The van der Waals surface area contributed by atoms with E-state index in [1.165, 1.54) is 0 Å². The molecule has 0 saturated carbocycles. The molecule has 70 valence electrons. The van der Waals surface area contributed by atoms with E-state index < -0.39 is 0 Å². The third-order valence-corrected chi connectivity index (χ3v) is 2.15. The van der Waals surface area contributed by atoms with Crippen LogP contribution < -0.4 is 0 Å². The van der Waals surface area contributed by atoms with Crippen LogP contribution in [0.4, 0.5) is 0 Å². The summed E-state index contributed by atoms with van der Waals surface area (Å²) in [6.45, 7) is 1.69. The summed E-state index contributed by atoms with van der Waals surface area (Å²) in [5.41, 5.74) is 1.30. The van der Waals surface area contributed by atoms with E-state index in [4.69, 9.17) is 5.21 Å². The largest absolute Gasteiger partial charge is 0.508 e. The van der Waals surface area contributed by atoms with Gasteiger partial charge in [0.1, 0.15) is 5.75 Å². The van der Waals surface area contributed by atoms with Crippen molar-refractivity contribution >= 4 is 21.6 Å². The summed E-state index contributed by atoms with van der Waals surface area (Å²) in [4.78, 5) is 0. The fourth-order valence-electron chi connectivity index (χ4n) is 1.01. The Hall–Kier alpha value is -1.03. The zero-order valence-electron chi connectivity index (χ0n) is 7.16. The quantitative estimate of drug-likeness (QED) is 0.477. The number of aromatic hydroxyl groups is 1. The average Bonchev–Trinajstić information content (AvgIpc) is 2.11. The molecule has 0 bridgehead atoms. The lowest BCUT2D eigenvalue weighted by Crippen LogP contribution is -1.97. The molecule has 0 unspecified atom stereocenters. The molecule has 13 heavy (non-hydrogen) atoms. The van der Waals surface area contributed by atoms with Crippen LogP contribution in [0.15, 0.2) is 27.8 Å². The summed E-state index contributed by atoms with van der Waals surface area (Å²) in [7, 11) is 0. The number of phenols is 1. The van der Waals surface area contributed by atoms with E-state index in [1.807, 2.05) is 0 Å². The van der Waals surface area contributed by atoms with Crippen molar-refractivity contribution in [3.05, 3.63) is 28.2 Å². The SMILES string of the molecule is C/C(Cc1cc(Br)ccc1O)=N\O. The number of phenolic OH excluding ortho intramolecular Hbond substituents is 1. The van der Waals surface area contributed by atoms with Gasteiger partial charge in [-0.3, -0.25) is 0 Å². The van der Waals surface area contributed by atoms with Crippen LogP contribution in [0.5, 0.6) is 5.75 Å². The van der Waals surface area contributed by atoms with Crippen molar-refractivity contribution in [1.82, 2.24) is 0 Å². The Morgan fingerprint density at radius 1 is 1.54 bits per heavy atom. The highest BCUT2D eigenvalue weighted by atomic mass is 79.9. The zero-order valence-corrected chi connectivity index (χ0v) is 8.74. The molecule has 1 rings (SSSR count). The summed E-state index contributed by atoms with van der Waals surface area (Å²) >= 11 is 3.29. The van der Waals surface area contributed by atoms with Gasteiger partial charge in [-0.15, -0.1) is 0 Å². The lowest BCUT2D eigenvalue weighted by molar-refractivity contribution is 0.317. The van der Waals surface area contributed by atoms with Crippen LogP contribution in [0.3, 0.4) is 0 Å². The second kappa shape index (κ2) is 4.28. The number of hydrogen-bond donors (Lipinski definition) is 2. The molecule has 1 aromatic carbocycles. The van der Waals surface area contributed by atoms with Gasteiger partial charge >= 0.3 is 0 Å². The van der Waals surface area contributed by atoms with Gasteiger partial charge in [-0.05, 0) is 25.1 Å². The van der Waals surface area contributed by atoms with Crippen LogP contribution >= 0.6 is 15.9 Å². The second-order valence-corrected chi connectivity index (χ2v) is 3.70. The Balaban J connectivity index is 2.94. The first-order chi connectivity index (χ1) is 6.13. The number of benzene rings is 1. The molecule has 0 fully saturated rings. The number of rotatable bonds is 2. The highest BCUT2D eigenvalue weighted by molar-refractivity contribution is 9.10. The molecule has 0 aromatic heterocycles. The van der Waals surface area contributed by atoms with Crippen LogP contribution in [0.25, 0.3) is 0 Å². The van der Waals surface area contributed by atoms with E-state index in [0.29, 0.717) is 12.1 Å². The summed E-state index contributed by atoms with van der Waals surface area (Å²) in [5, 5.41) is 20.9. The maximum absolute atomic E-state index is 9.42. The van der Waals surface area contributed by atoms with Gasteiger partial charge in [0.2, 0.25) is 0 Å². The minimum absolute atomic E-state index is 0.214. The fraction of sp³-hybridized carbons (Fsp3) is 0.222. The molecule has 3 nitrogen and oxygen atoms in total. The predicted octanol–water partition coefficient (Wildman–Crippen LogP) is 2.55. The normalized spacial score (nSPS) is 11.7. The molecule has 1 aromatic rings. The molecule has 0 atom stereocenters. The number of nitrogens with zero attached hydrogens (tertiary/aromatic N) is 1. The monoisotopic (exact) mass is 243 g/mol. The molecule has 0 heterocycles. The summed E-state index contributed by atoms with van der Waals surface area (Å²) in [6, 6.07) is 5.15. The van der Waals surface area contributed by atoms with E-state index in [9.17, 15) is 5.11 Å². The molecule has 0 spiro atoms. The van der Waals surface area contributed by atoms with Gasteiger partial charge in [-0.2, -0.15) is 0 Å². The van der Waals surface area contributed by atoms with Gasteiger partial charge in [0.05, 0.1) is 5.71 Å². The first-order valence-corrected chi connectivity index (χ1v) is 4.57. The summed E-state index contributed by atoms with van der Waals surface area (Å²) in [6.07, 6.45) is 0.446. The second-order valence-electron chi connectivity index (χ2n) is 2.79. The predicted molar refractivity (Wildman–Crippen MR) is 54.4 cm³/mol. The van der Waals surface area contributed by atoms with Crippen molar-refractivity contribution in [2.45, 2.75) is 13.3 Å². The van der Waals surface area contributed by atoms with Gasteiger partial charge in [-0.1, -0.05) is 21.1 Å². The third-order valence-electron chi connectivity index (χ3n) is 1.66. The maximum Gasteiger partial charge on any atom is 0.119 e.